The molecule has 0 aromatic heterocycles. The van der Waals surface area contributed by atoms with Gasteiger partial charge in [0.05, 0.1) is 17.9 Å². The SMILES string of the molecule is O=C(NCc1ccccc1)[C@@H]1[C@H](/C=C/c2ccccc2)O[C@@]23C=CCN(c4ccc(Br)cc4)C(=O)[C@@H]2N(Cc2ccccc2)C(=O)[C@@H]13. The van der Waals surface area contributed by atoms with Crippen LogP contribution in [0.1, 0.15) is 16.7 Å². The molecule has 4 aromatic rings. The van der Waals surface area contributed by atoms with E-state index < -0.39 is 29.6 Å². The maximum Gasteiger partial charge on any atom is 0.253 e. The van der Waals surface area contributed by atoms with Gasteiger partial charge in [-0.2, -0.15) is 0 Å². The van der Waals surface area contributed by atoms with Crippen molar-refractivity contribution in [2.24, 2.45) is 11.8 Å². The largest absolute Gasteiger partial charge is 0.359 e. The molecule has 0 aliphatic carbocycles. The number of ether oxygens (including phenoxy) is 1. The number of amides is 3. The predicted molar refractivity (Wildman–Crippen MR) is 185 cm³/mol. The number of nitrogens with one attached hydrogen (secondary N) is 1. The molecule has 3 amide bonds. The molecule has 236 valence electrons. The lowest BCUT2D eigenvalue weighted by molar-refractivity contribution is -0.141. The zero-order chi connectivity index (χ0) is 32.4. The highest BCUT2D eigenvalue weighted by Crippen LogP contribution is 2.53. The fourth-order valence-corrected chi connectivity index (χ4v) is 7.32. The van der Waals surface area contributed by atoms with Crippen molar-refractivity contribution < 1.29 is 19.1 Å². The summed E-state index contributed by atoms with van der Waals surface area (Å²) in [5.74, 6) is -2.60. The zero-order valence-electron chi connectivity index (χ0n) is 25.6. The number of rotatable bonds is 8. The summed E-state index contributed by atoms with van der Waals surface area (Å²) in [6.45, 7) is 0.822. The van der Waals surface area contributed by atoms with Crippen LogP contribution < -0.4 is 10.2 Å². The molecule has 0 radical (unpaired) electrons. The van der Waals surface area contributed by atoms with Gasteiger partial charge in [-0.05, 0) is 41.0 Å². The molecular formula is C39H34BrN3O4. The number of carbonyl (C=O) groups is 3. The van der Waals surface area contributed by atoms with Crippen LogP contribution in [0.15, 0.2) is 138 Å². The molecule has 5 atom stereocenters. The van der Waals surface area contributed by atoms with Gasteiger partial charge in [-0.15, -0.1) is 0 Å². The minimum absolute atomic E-state index is 0.211. The number of anilines is 1. The Hall–Kier alpha value is -4.79. The molecule has 7 rings (SSSR count). The molecule has 7 nitrogen and oxygen atoms in total. The average molecular weight is 689 g/mol. The van der Waals surface area contributed by atoms with Crippen LogP contribution in [0.25, 0.3) is 6.08 Å². The Bertz CT molecular complexity index is 1810. The summed E-state index contributed by atoms with van der Waals surface area (Å²) in [6, 6.07) is 35.6. The van der Waals surface area contributed by atoms with Crippen molar-refractivity contribution in [1.82, 2.24) is 10.2 Å². The van der Waals surface area contributed by atoms with E-state index in [0.29, 0.717) is 18.8 Å². The van der Waals surface area contributed by atoms with Gasteiger partial charge >= 0.3 is 0 Å². The molecule has 3 aliphatic rings. The third-order valence-electron chi connectivity index (χ3n) is 9.22. The molecule has 2 fully saturated rings. The molecule has 47 heavy (non-hydrogen) atoms. The maximum absolute atomic E-state index is 14.8. The van der Waals surface area contributed by atoms with Crippen LogP contribution in [0, 0.1) is 11.8 Å². The number of likely N-dealkylation sites (tertiary alicyclic amines) is 1. The number of nitrogens with zero attached hydrogens (tertiary/aromatic N) is 2. The Morgan fingerprint density at radius 3 is 2.17 bits per heavy atom. The fraction of sp³-hybridized carbons (Fsp3) is 0.205. The highest BCUT2D eigenvalue weighted by atomic mass is 79.9. The third kappa shape index (κ3) is 5.95. The first kappa shape index (κ1) is 30.8. The Morgan fingerprint density at radius 1 is 0.851 bits per heavy atom. The molecule has 0 unspecified atom stereocenters. The van der Waals surface area contributed by atoms with Gasteiger partial charge in [0.25, 0.3) is 5.91 Å². The van der Waals surface area contributed by atoms with E-state index in [2.05, 4.69) is 21.2 Å². The van der Waals surface area contributed by atoms with E-state index in [1.807, 2.05) is 140 Å². The summed E-state index contributed by atoms with van der Waals surface area (Å²) in [5.41, 5.74) is 2.13. The van der Waals surface area contributed by atoms with Crippen LogP contribution in [0.5, 0.6) is 0 Å². The third-order valence-corrected chi connectivity index (χ3v) is 9.75. The van der Waals surface area contributed by atoms with Crippen molar-refractivity contribution in [3.05, 3.63) is 155 Å². The van der Waals surface area contributed by atoms with Crippen molar-refractivity contribution in [2.45, 2.75) is 30.8 Å². The Balaban J connectivity index is 1.31. The first-order chi connectivity index (χ1) is 22.9. The second-order valence-corrected chi connectivity index (χ2v) is 13.0. The highest BCUT2D eigenvalue weighted by molar-refractivity contribution is 9.10. The number of halogens is 1. The van der Waals surface area contributed by atoms with E-state index >= 15 is 0 Å². The molecule has 8 heteroatoms. The summed E-state index contributed by atoms with van der Waals surface area (Å²) >= 11 is 3.49. The molecule has 2 saturated heterocycles. The fourth-order valence-electron chi connectivity index (χ4n) is 7.06. The summed E-state index contributed by atoms with van der Waals surface area (Å²) in [6.07, 6.45) is 6.79. The lowest BCUT2D eigenvalue weighted by Gasteiger charge is -2.35. The van der Waals surface area contributed by atoms with Gasteiger partial charge in [-0.3, -0.25) is 14.4 Å². The van der Waals surface area contributed by atoms with Gasteiger partial charge in [-0.1, -0.05) is 131 Å². The Labute approximate surface area is 282 Å². The van der Waals surface area contributed by atoms with E-state index in [0.717, 1.165) is 21.2 Å². The van der Waals surface area contributed by atoms with Gasteiger partial charge in [0, 0.05) is 29.8 Å². The molecule has 1 N–H and O–H groups in total. The highest BCUT2D eigenvalue weighted by Gasteiger charge is 2.71. The smallest absolute Gasteiger partial charge is 0.253 e. The van der Waals surface area contributed by atoms with Crippen LogP contribution >= 0.6 is 15.9 Å². The molecule has 3 heterocycles. The van der Waals surface area contributed by atoms with E-state index in [9.17, 15) is 14.4 Å². The quantitative estimate of drug-likeness (QED) is 0.225. The molecule has 0 saturated carbocycles. The van der Waals surface area contributed by atoms with Crippen molar-refractivity contribution in [2.75, 3.05) is 11.4 Å². The summed E-state index contributed by atoms with van der Waals surface area (Å²) < 4.78 is 7.82. The summed E-state index contributed by atoms with van der Waals surface area (Å²) in [4.78, 5) is 47.0. The first-order valence-electron chi connectivity index (χ1n) is 15.8. The van der Waals surface area contributed by atoms with Crippen molar-refractivity contribution >= 4 is 45.4 Å². The van der Waals surface area contributed by atoms with E-state index in [-0.39, 0.29) is 24.3 Å². The Kier molecular flexibility index (Phi) is 8.62. The topological polar surface area (TPSA) is 79.0 Å². The minimum Gasteiger partial charge on any atom is -0.359 e. The van der Waals surface area contributed by atoms with Crippen LogP contribution in [0.3, 0.4) is 0 Å². The number of hydrogen-bond acceptors (Lipinski definition) is 4. The lowest BCUT2D eigenvalue weighted by Crippen LogP contribution is -2.55. The maximum atomic E-state index is 14.8. The zero-order valence-corrected chi connectivity index (χ0v) is 27.2. The number of benzene rings is 4. The lowest BCUT2D eigenvalue weighted by atomic mass is 9.77. The molecule has 1 spiro atoms. The predicted octanol–water partition coefficient (Wildman–Crippen LogP) is 6.16. The van der Waals surface area contributed by atoms with Crippen molar-refractivity contribution in [3.8, 4) is 0 Å². The van der Waals surface area contributed by atoms with Crippen molar-refractivity contribution in [1.29, 1.82) is 0 Å². The monoisotopic (exact) mass is 687 g/mol. The van der Waals surface area contributed by atoms with Gasteiger partial charge in [0.1, 0.15) is 11.6 Å². The molecule has 3 aliphatic heterocycles. The number of hydrogen-bond donors (Lipinski definition) is 1. The van der Waals surface area contributed by atoms with Crippen LogP contribution in [0.4, 0.5) is 5.69 Å². The summed E-state index contributed by atoms with van der Waals surface area (Å²) in [7, 11) is 0. The van der Waals surface area contributed by atoms with Gasteiger partial charge in [-0.25, -0.2) is 0 Å². The molecule has 0 bridgehead atoms. The van der Waals surface area contributed by atoms with Crippen molar-refractivity contribution in [3.63, 3.8) is 0 Å². The van der Waals surface area contributed by atoms with E-state index in [1.165, 1.54) is 0 Å². The standard InChI is InChI=1S/C39H34BrN3O4/c40-30-18-20-31(21-19-30)42-24-10-23-39-34(37(45)43(35(39)38(42)46)26-29-15-8-3-9-16-29)33(36(44)41-25-28-13-6-2-7-14-28)32(47-39)22-17-27-11-4-1-5-12-27/h1-23,32-35H,24-26H2,(H,41,44)/b22-17+/t32-,33+,34+,35-,39+/m0/s1. The van der Waals surface area contributed by atoms with E-state index in [4.69, 9.17) is 4.74 Å². The van der Waals surface area contributed by atoms with Gasteiger partial charge in [0.15, 0.2) is 0 Å². The van der Waals surface area contributed by atoms with Crippen LogP contribution in [-0.2, 0) is 32.2 Å². The van der Waals surface area contributed by atoms with Gasteiger partial charge in [0.2, 0.25) is 11.8 Å². The second-order valence-electron chi connectivity index (χ2n) is 12.1. The van der Waals surface area contributed by atoms with E-state index in [1.54, 1.807) is 9.80 Å². The molecular weight excluding hydrogens is 654 g/mol. The number of carbonyl (C=O) groups excluding carboxylic acids is 3. The summed E-state index contributed by atoms with van der Waals surface area (Å²) in [5, 5.41) is 3.08. The second kappa shape index (κ2) is 13.1. The first-order valence-corrected chi connectivity index (χ1v) is 16.6. The minimum atomic E-state index is -1.35. The normalized spacial score (nSPS) is 25.1. The van der Waals surface area contributed by atoms with Gasteiger partial charge < -0.3 is 19.9 Å². The molecule has 4 aromatic carbocycles. The van der Waals surface area contributed by atoms with Crippen LogP contribution in [-0.4, -0.2) is 46.9 Å². The average Bonchev–Trinajstić information content (AvgIpc) is 3.48. The van der Waals surface area contributed by atoms with Crippen LogP contribution in [0.2, 0.25) is 0 Å². The Morgan fingerprint density at radius 2 is 1.49 bits per heavy atom.